The summed E-state index contributed by atoms with van der Waals surface area (Å²) in [6.45, 7) is 5.31. The first-order valence-electron chi connectivity index (χ1n) is 5.30. The molecule has 98 valence electrons. The number of aliphatic hydroxyl groups is 1. The Morgan fingerprint density at radius 1 is 1.39 bits per heavy atom. The van der Waals surface area contributed by atoms with Crippen molar-refractivity contribution < 1.29 is 14.6 Å². The van der Waals surface area contributed by atoms with Crippen molar-refractivity contribution in [3.63, 3.8) is 0 Å². The van der Waals surface area contributed by atoms with E-state index in [1.54, 1.807) is 6.92 Å². The summed E-state index contributed by atoms with van der Waals surface area (Å²) in [7, 11) is 0. The van der Waals surface area contributed by atoms with Gasteiger partial charge in [-0.3, -0.25) is 0 Å². The summed E-state index contributed by atoms with van der Waals surface area (Å²) < 4.78 is 10.7. The minimum absolute atomic E-state index is 0.188. The van der Waals surface area contributed by atoms with Crippen molar-refractivity contribution in [3.05, 3.63) is 33.5 Å². The molecule has 9 heteroatoms. The quantitative estimate of drug-likeness (QED) is 0.345. The maximum Gasteiger partial charge on any atom is 0.169 e. The zero-order valence-electron chi connectivity index (χ0n) is 9.83. The smallest absolute Gasteiger partial charge is 0.169 e. The largest absolute Gasteiger partial charge is 0.392 e. The lowest BCUT2D eigenvalue weighted by molar-refractivity contribution is -0.222. The molecule has 5 atom stereocenters. The summed E-state index contributed by atoms with van der Waals surface area (Å²) in [6, 6.07) is -1.80. The van der Waals surface area contributed by atoms with Crippen molar-refractivity contribution in [3.8, 4) is 0 Å². The molecule has 0 saturated carbocycles. The van der Waals surface area contributed by atoms with E-state index in [4.69, 9.17) is 20.5 Å². The lowest BCUT2D eigenvalue weighted by Crippen LogP contribution is -2.55. The molecule has 0 aromatic rings. The zero-order chi connectivity index (χ0) is 13.5. The Labute approximate surface area is 103 Å². The van der Waals surface area contributed by atoms with Crippen LogP contribution < -0.4 is 0 Å². The third-order valence-corrected chi connectivity index (χ3v) is 2.56. The van der Waals surface area contributed by atoms with E-state index in [0.717, 1.165) is 0 Å². The molecule has 0 bridgehead atoms. The lowest BCUT2D eigenvalue weighted by atomic mass is 9.96. The van der Waals surface area contributed by atoms with Gasteiger partial charge < -0.3 is 14.6 Å². The molecular formula is C9H14N6O3. The van der Waals surface area contributed by atoms with Gasteiger partial charge in [0.25, 0.3) is 0 Å². The molecule has 0 spiro atoms. The van der Waals surface area contributed by atoms with Crippen LogP contribution in [0.5, 0.6) is 0 Å². The zero-order valence-corrected chi connectivity index (χ0v) is 9.83. The Morgan fingerprint density at radius 3 is 2.56 bits per heavy atom. The van der Waals surface area contributed by atoms with Gasteiger partial charge in [0.15, 0.2) is 6.29 Å². The molecule has 0 aliphatic carbocycles. The number of aliphatic hydroxyl groups excluding tert-OH is 1. The highest BCUT2D eigenvalue weighted by Crippen LogP contribution is 2.26. The van der Waals surface area contributed by atoms with E-state index in [2.05, 4.69) is 26.6 Å². The van der Waals surface area contributed by atoms with E-state index in [0.29, 0.717) is 0 Å². The summed E-state index contributed by atoms with van der Waals surface area (Å²) in [5, 5.41) is 16.9. The fraction of sp³-hybridized carbons (Fsp3) is 0.778. The number of hydrogen-bond donors (Lipinski definition) is 1. The van der Waals surface area contributed by atoms with E-state index < -0.39 is 30.6 Å². The Hall–Kier alpha value is -1.76. The molecule has 0 aromatic heterocycles. The van der Waals surface area contributed by atoms with Gasteiger partial charge in [0, 0.05) is 9.82 Å². The van der Waals surface area contributed by atoms with Crippen LogP contribution in [0.25, 0.3) is 20.9 Å². The van der Waals surface area contributed by atoms with Gasteiger partial charge in [0.05, 0.1) is 24.9 Å². The Balaban J connectivity index is 2.91. The van der Waals surface area contributed by atoms with Gasteiger partial charge in [-0.1, -0.05) is 16.3 Å². The second-order valence-corrected chi connectivity index (χ2v) is 3.71. The summed E-state index contributed by atoms with van der Waals surface area (Å²) >= 11 is 0. The predicted octanol–water partition coefficient (Wildman–Crippen LogP) is 1.65. The first-order chi connectivity index (χ1) is 8.65. The van der Waals surface area contributed by atoms with Crippen LogP contribution >= 0.6 is 0 Å². The van der Waals surface area contributed by atoms with E-state index in [-0.39, 0.29) is 6.61 Å². The highest BCUT2D eigenvalue weighted by atomic mass is 16.7. The fourth-order valence-corrected chi connectivity index (χ4v) is 1.72. The first-order valence-corrected chi connectivity index (χ1v) is 5.30. The predicted molar refractivity (Wildman–Crippen MR) is 62.4 cm³/mol. The maximum atomic E-state index is 10.0. The second-order valence-electron chi connectivity index (χ2n) is 3.71. The van der Waals surface area contributed by atoms with Crippen LogP contribution in [0.15, 0.2) is 22.9 Å². The van der Waals surface area contributed by atoms with Crippen LogP contribution in [0.1, 0.15) is 6.92 Å². The minimum atomic E-state index is -1.16. The molecular weight excluding hydrogens is 240 g/mol. The SMILES string of the molecule is C=CCO[C@@H]1O[C@@H](C)[C@H](N=[N+]=[N-])[C@@H](O)[C@H]1N=[N+]=[N-]. The van der Waals surface area contributed by atoms with Crippen molar-refractivity contribution in [2.75, 3.05) is 6.61 Å². The van der Waals surface area contributed by atoms with Crippen molar-refractivity contribution >= 4 is 0 Å². The summed E-state index contributed by atoms with van der Waals surface area (Å²) in [4.78, 5) is 5.27. The van der Waals surface area contributed by atoms with Crippen LogP contribution in [-0.4, -0.2) is 42.3 Å². The Kier molecular flexibility index (Phi) is 5.44. The van der Waals surface area contributed by atoms with Crippen LogP contribution in [0.2, 0.25) is 0 Å². The molecule has 0 aromatic carbocycles. The molecule has 1 aliphatic heterocycles. The van der Waals surface area contributed by atoms with E-state index in [9.17, 15) is 5.11 Å². The van der Waals surface area contributed by atoms with Gasteiger partial charge in [0.1, 0.15) is 6.04 Å². The van der Waals surface area contributed by atoms with Crippen molar-refractivity contribution in [1.29, 1.82) is 0 Å². The van der Waals surface area contributed by atoms with Crippen molar-refractivity contribution in [2.45, 2.75) is 37.5 Å². The van der Waals surface area contributed by atoms with Crippen LogP contribution in [-0.2, 0) is 9.47 Å². The number of ether oxygens (including phenoxy) is 2. The number of azide groups is 2. The number of rotatable bonds is 5. The van der Waals surface area contributed by atoms with Gasteiger partial charge in [0.2, 0.25) is 0 Å². The molecule has 1 saturated heterocycles. The molecule has 1 fully saturated rings. The molecule has 9 nitrogen and oxygen atoms in total. The Bertz CT molecular complexity index is 390. The standard InChI is InChI=1S/C9H14N6O3/c1-3-4-17-9-7(13-15-11)8(16)6(12-14-10)5(2)18-9/h3,5-9,16H,1,4H2,2H3/t5-,6-,7+,8+,9+/m0/s1. The highest BCUT2D eigenvalue weighted by molar-refractivity contribution is 4.96. The topological polar surface area (TPSA) is 136 Å². The average Bonchev–Trinajstić information content (AvgIpc) is 2.36. The van der Waals surface area contributed by atoms with Gasteiger partial charge in [-0.2, -0.15) is 0 Å². The molecule has 1 N–H and O–H groups in total. The van der Waals surface area contributed by atoms with Crippen molar-refractivity contribution in [1.82, 2.24) is 0 Å². The number of nitrogens with zero attached hydrogens (tertiary/aromatic N) is 6. The lowest BCUT2D eigenvalue weighted by Gasteiger charge is -2.39. The summed E-state index contributed by atoms with van der Waals surface area (Å²) in [5.74, 6) is 0. The summed E-state index contributed by atoms with van der Waals surface area (Å²) in [6.07, 6.45) is -1.09. The Morgan fingerprint density at radius 2 is 2.00 bits per heavy atom. The van der Waals surface area contributed by atoms with Gasteiger partial charge >= 0.3 is 0 Å². The third-order valence-electron chi connectivity index (χ3n) is 2.56. The second kappa shape index (κ2) is 6.85. The molecule has 1 heterocycles. The van der Waals surface area contributed by atoms with E-state index >= 15 is 0 Å². The monoisotopic (exact) mass is 254 g/mol. The molecule has 1 aliphatic rings. The van der Waals surface area contributed by atoms with Gasteiger partial charge in [-0.25, -0.2) is 0 Å². The van der Waals surface area contributed by atoms with Crippen LogP contribution in [0, 0.1) is 0 Å². The molecule has 18 heavy (non-hydrogen) atoms. The molecule has 1 rings (SSSR count). The van der Waals surface area contributed by atoms with Crippen LogP contribution in [0.4, 0.5) is 0 Å². The first kappa shape index (κ1) is 14.3. The van der Waals surface area contributed by atoms with Crippen LogP contribution in [0.3, 0.4) is 0 Å². The fourth-order valence-electron chi connectivity index (χ4n) is 1.72. The average molecular weight is 254 g/mol. The van der Waals surface area contributed by atoms with Crippen molar-refractivity contribution in [2.24, 2.45) is 10.2 Å². The van der Waals surface area contributed by atoms with E-state index in [1.165, 1.54) is 6.08 Å². The molecule has 0 unspecified atom stereocenters. The van der Waals surface area contributed by atoms with E-state index in [1.807, 2.05) is 0 Å². The minimum Gasteiger partial charge on any atom is -0.392 e. The normalized spacial score (nSPS) is 35.1. The highest BCUT2D eigenvalue weighted by Gasteiger charge is 2.43. The molecule has 0 radical (unpaired) electrons. The maximum absolute atomic E-state index is 10.0. The third kappa shape index (κ3) is 3.13. The van der Waals surface area contributed by atoms with Gasteiger partial charge in [-0.05, 0) is 18.0 Å². The number of hydrogen-bond acceptors (Lipinski definition) is 5. The summed E-state index contributed by atoms with van der Waals surface area (Å²) in [5.41, 5.74) is 16.9. The molecule has 0 amide bonds. The van der Waals surface area contributed by atoms with Gasteiger partial charge in [-0.15, -0.1) is 6.58 Å².